The van der Waals surface area contributed by atoms with Gasteiger partial charge in [0.1, 0.15) is 0 Å². The van der Waals surface area contributed by atoms with E-state index in [1.54, 1.807) is 6.20 Å². The van der Waals surface area contributed by atoms with Crippen LogP contribution in [0, 0.1) is 5.41 Å². The SMILES string of the molecule is N=C([O-])Cc1c[nH]c2ccccc12. The standard InChI is InChI=1S/C10H10N2O/c11-10(13)5-7-6-12-9-4-2-1-3-8(7)9/h1-4,6,12H,5H2,(H2,11,13)/p-1. The van der Waals surface area contributed by atoms with Crippen molar-refractivity contribution in [1.29, 1.82) is 5.41 Å². The minimum absolute atomic E-state index is 0.185. The Kier molecular flexibility index (Phi) is 1.77. The van der Waals surface area contributed by atoms with Gasteiger partial charge in [-0.15, -0.1) is 0 Å². The summed E-state index contributed by atoms with van der Waals surface area (Å²) in [6.07, 6.45) is 1.97. The highest BCUT2D eigenvalue weighted by Crippen LogP contribution is 2.17. The molecule has 2 aromatic rings. The summed E-state index contributed by atoms with van der Waals surface area (Å²) in [5, 5.41) is 18.5. The molecule has 0 bridgehead atoms. The van der Waals surface area contributed by atoms with E-state index in [1.165, 1.54) is 0 Å². The van der Waals surface area contributed by atoms with Gasteiger partial charge in [0.05, 0.1) is 0 Å². The summed E-state index contributed by atoms with van der Waals surface area (Å²) < 4.78 is 0. The second kappa shape index (κ2) is 2.94. The third kappa shape index (κ3) is 1.40. The number of benzene rings is 1. The third-order valence-electron chi connectivity index (χ3n) is 2.03. The second-order valence-electron chi connectivity index (χ2n) is 2.96. The van der Waals surface area contributed by atoms with Crippen LogP contribution < -0.4 is 5.11 Å². The molecule has 0 atom stereocenters. The molecule has 0 aliphatic rings. The maximum atomic E-state index is 10.6. The molecule has 3 heteroatoms. The maximum Gasteiger partial charge on any atom is 0.0456 e. The Balaban J connectivity index is 2.51. The minimum Gasteiger partial charge on any atom is -0.862 e. The molecule has 0 saturated heterocycles. The van der Waals surface area contributed by atoms with Gasteiger partial charge in [0.15, 0.2) is 0 Å². The third-order valence-corrected chi connectivity index (χ3v) is 2.03. The van der Waals surface area contributed by atoms with Crippen LogP contribution in [0.3, 0.4) is 0 Å². The van der Waals surface area contributed by atoms with Crippen LogP contribution in [-0.4, -0.2) is 10.9 Å². The first-order valence-electron chi connectivity index (χ1n) is 4.07. The monoisotopic (exact) mass is 173 g/mol. The highest BCUT2D eigenvalue weighted by molar-refractivity contribution is 5.86. The molecule has 0 fully saturated rings. The Bertz CT molecular complexity index is 445. The molecule has 13 heavy (non-hydrogen) atoms. The van der Waals surface area contributed by atoms with Crippen molar-refractivity contribution in [2.45, 2.75) is 6.42 Å². The quantitative estimate of drug-likeness (QED) is 0.517. The van der Waals surface area contributed by atoms with Crippen LogP contribution in [0.5, 0.6) is 0 Å². The predicted octanol–water partition coefficient (Wildman–Crippen LogP) is 1.05. The van der Waals surface area contributed by atoms with Crippen molar-refractivity contribution in [3.05, 3.63) is 36.0 Å². The molecule has 1 aromatic carbocycles. The number of rotatable bonds is 2. The van der Waals surface area contributed by atoms with Crippen molar-refractivity contribution in [2.24, 2.45) is 0 Å². The molecule has 0 aliphatic heterocycles. The zero-order chi connectivity index (χ0) is 9.26. The first-order chi connectivity index (χ1) is 6.27. The van der Waals surface area contributed by atoms with Gasteiger partial charge in [-0.25, -0.2) is 0 Å². The average molecular weight is 173 g/mol. The zero-order valence-electron chi connectivity index (χ0n) is 7.00. The highest BCUT2D eigenvalue weighted by Gasteiger charge is 2.00. The summed E-state index contributed by atoms with van der Waals surface area (Å²) in [5.41, 5.74) is 1.91. The normalized spacial score (nSPS) is 10.5. The zero-order valence-corrected chi connectivity index (χ0v) is 7.00. The van der Waals surface area contributed by atoms with Gasteiger partial charge in [-0.3, -0.25) is 0 Å². The fourth-order valence-electron chi connectivity index (χ4n) is 1.45. The molecule has 0 aliphatic carbocycles. The van der Waals surface area contributed by atoms with Gasteiger partial charge in [0, 0.05) is 23.5 Å². The van der Waals surface area contributed by atoms with Crippen LogP contribution in [0.1, 0.15) is 5.56 Å². The number of aromatic amines is 1. The van der Waals surface area contributed by atoms with Crippen LogP contribution in [0.4, 0.5) is 0 Å². The van der Waals surface area contributed by atoms with E-state index in [2.05, 4.69) is 4.98 Å². The summed E-state index contributed by atoms with van der Waals surface area (Å²) in [7, 11) is 0. The lowest BCUT2D eigenvalue weighted by molar-refractivity contribution is -0.219. The number of hydrogen-bond donors (Lipinski definition) is 2. The van der Waals surface area contributed by atoms with Gasteiger partial charge in [0.25, 0.3) is 0 Å². The lowest BCUT2D eigenvalue weighted by Gasteiger charge is -2.04. The van der Waals surface area contributed by atoms with Crippen molar-refractivity contribution in [1.82, 2.24) is 4.98 Å². The molecule has 0 unspecified atom stereocenters. The molecule has 0 saturated carbocycles. The summed E-state index contributed by atoms with van der Waals surface area (Å²) in [6.45, 7) is 0. The Hall–Kier alpha value is -1.77. The summed E-state index contributed by atoms with van der Waals surface area (Å²) >= 11 is 0. The van der Waals surface area contributed by atoms with E-state index in [0.717, 1.165) is 16.5 Å². The van der Waals surface area contributed by atoms with Crippen LogP contribution >= 0.6 is 0 Å². The number of hydrogen-bond acceptors (Lipinski definition) is 2. The first kappa shape index (κ1) is 7.86. The Morgan fingerprint density at radius 3 is 2.92 bits per heavy atom. The van der Waals surface area contributed by atoms with Crippen molar-refractivity contribution < 1.29 is 5.11 Å². The van der Waals surface area contributed by atoms with E-state index in [1.807, 2.05) is 24.3 Å². The van der Waals surface area contributed by atoms with E-state index >= 15 is 0 Å². The highest BCUT2D eigenvalue weighted by atomic mass is 16.3. The largest absolute Gasteiger partial charge is 0.862 e. The van der Waals surface area contributed by atoms with Crippen molar-refractivity contribution in [3.8, 4) is 0 Å². The first-order valence-corrected chi connectivity index (χ1v) is 4.07. The molecule has 0 radical (unpaired) electrons. The molecule has 2 rings (SSSR count). The number of para-hydroxylation sites is 1. The van der Waals surface area contributed by atoms with E-state index < -0.39 is 5.90 Å². The average Bonchev–Trinajstić information content (AvgIpc) is 2.48. The molecule has 1 heterocycles. The molecule has 1 aromatic heterocycles. The van der Waals surface area contributed by atoms with Crippen molar-refractivity contribution in [2.75, 3.05) is 0 Å². The molecule has 2 N–H and O–H groups in total. The van der Waals surface area contributed by atoms with Gasteiger partial charge in [-0.05, 0) is 17.5 Å². The number of aromatic nitrogens is 1. The summed E-state index contributed by atoms with van der Waals surface area (Å²) in [6, 6.07) is 7.76. The van der Waals surface area contributed by atoms with E-state index in [-0.39, 0.29) is 6.42 Å². The van der Waals surface area contributed by atoms with Gasteiger partial charge < -0.3 is 15.5 Å². The lowest BCUT2D eigenvalue weighted by Crippen LogP contribution is -2.17. The fourth-order valence-corrected chi connectivity index (χ4v) is 1.45. The Morgan fingerprint density at radius 2 is 2.15 bits per heavy atom. The Labute approximate surface area is 75.5 Å². The van der Waals surface area contributed by atoms with Crippen LogP contribution in [-0.2, 0) is 6.42 Å². The number of nitrogens with one attached hydrogen (secondary N) is 2. The lowest BCUT2D eigenvalue weighted by atomic mass is 10.1. The minimum atomic E-state index is -0.551. The number of fused-ring (bicyclic) bond motifs is 1. The molecule has 0 spiro atoms. The van der Waals surface area contributed by atoms with E-state index in [0.29, 0.717) is 0 Å². The van der Waals surface area contributed by atoms with Gasteiger partial charge in [0.2, 0.25) is 0 Å². The fraction of sp³-hybridized carbons (Fsp3) is 0.100. The van der Waals surface area contributed by atoms with E-state index in [4.69, 9.17) is 5.41 Å². The van der Waals surface area contributed by atoms with Gasteiger partial charge in [-0.2, -0.15) is 0 Å². The molecular weight excluding hydrogens is 164 g/mol. The predicted molar refractivity (Wildman–Crippen MR) is 49.7 cm³/mol. The topological polar surface area (TPSA) is 62.7 Å². The Morgan fingerprint density at radius 1 is 1.38 bits per heavy atom. The van der Waals surface area contributed by atoms with E-state index in [9.17, 15) is 5.11 Å². The molecule has 66 valence electrons. The second-order valence-corrected chi connectivity index (χ2v) is 2.96. The van der Waals surface area contributed by atoms with Crippen molar-refractivity contribution in [3.63, 3.8) is 0 Å². The van der Waals surface area contributed by atoms with Gasteiger partial charge >= 0.3 is 0 Å². The number of H-pyrrole nitrogens is 1. The smallest absolute Gasteiger partial charge is 0.0456 e. The maximum absolute atomic E-state index is 10.6. The molecule has 3 nitrogen and oxygen atoms in total. The summed E-state index contributed by atoms with van der Waals surface area (Å²) in [5.74, 6) is -0.551. The van der Waals surface area contributed by atoms with Crippen LogP contribution in [0.2, 0.25) is 0 Å². The van der Waals surface area contributed by atoms with Crippen LogP contribution in [0.25, 0.3) is 10.9 Å². The van der Waals surface area contributed by atoms with Gasteiger partial charge in [-0.1, -0.05) is 18.2 Å². The van der Waals surface area contributed by atoms with Crippen molar-refractivity contribution >= 4 is 16.8 Å². The van der Waals surface area contributed by atoms with Crippen LogP contribution in [0.15, 0.2) is 30.5 Å². The molecular formula is C10H9N2O-. The molecule has 0 amide bonds. The summed E-state index contributed by atoms with van der Waals surface area (Å²) in [4.78, 5) is 3.06.